The molecule has 0 heterocycles. The number of hydrogen-bond acceptors (Lipinski definition) is 3. The van der Waals surface area contributed by atoms with Crippen LogP contribution in [-0.2, 0) is 9.53 Å². The number of carbonyl (C=O) groups excluding carboxylic acids is 1. The maximum atomic E-state index is 15.0. The monoisotopic (exact) mass is 469 g/mol. The fourth-order valence-electron chi connectivity index (χ4n) is 5.55. The highest BCUT2D eigenvalue weighted by Crippen LogP contribution is 2.63. The summed E-state index contributed by atoms with van der Waals surface area (Å²) in [5, 5.41) is 2.49. The summed E-state index contributed by atoms with van der Waals surface area (Å²) >= 11 is 5.91. The first-order valence-electron chi connectivity index (χ1n) is 11.4. The lowest BCUT2D eigenvalue weighted by Crippen LogP contribution is -2.42. The van der Waals surface area contributed by atoms with Gasteiger partial charge in [0.2, 0.25) is 5.91 Å². The average molecular weight is 470 g/mol. The van der Waals surface area contributed by atoms with Crippen molar-refractivity contribution in [2.75, 3.05) is 7.04 Å². The number of alkyl halides is 1. The van der Waals surface area contributed by atoms with Gasteiger partial charge in [0.25, 0.3) is 0 Å². The fourth-order valence-corrected chi connectivity index (χ4v) is 5.72. The first kappa shape index (κ1) is 19.6. The Bertz CT molecular complexity index is 913. The summed E-state index contributed by atoms with van der Waals surface area (Å²) in [6, 6.07) is 0.364. The highest BCUT2D eigenvalue weighted by atomic mass is 35.5. The number of carbonyl (C=O) groups is 1. The topological polar surface area (TPSA) is 64.3 Å². The number of hydrogen-bond donors (Lipinski definition) is 2. The third kappa shape index (κ3) is 3.94. The molecule has 1 aromatic rings. The zero-order valence-electron chi connectivity index (χ0n) is 19.2. The van der Waals surface area contributed by atoms with Crippen molar-refractivity contribution in [1.29, 1.82) is 0 Å². The molecule has 168 valence electrons. The Labute approximate surface area is 189 Å². The van der Waals surface area contributed by atoms with Gasteiger partial charge in [-0.05, 0) is 62.5 Å². The van der Waals surface area contributed by atoms with Crippen LogP contribution in [0.1, 0.15) is 60.7 Å². The molecule has 0 aromatic heterocycles. The summed E-state index contributed by atoms with van der Waals surface area (Å²) in [6.45, 7) is 0. The minimum Gasteiger partial charge on any atom is -0.380 e. The number of nitrogens with two attached hydrogens (primary N) is 1. The molecule has 3 saturated carbocycles. The van der Waals surface area contributed by atoms with E-state index in [-0.39, 0.29) is 55.1 Å². The Morgan fingerprint density at radius 1 is 1.33 bits per heavy atom. The third-order valence-electron chi connectivity index (χ3n) is 7.15. The molecule has 4 rings (SSSR count). The number of amides is 1. The van der Waals surface area contributed by atoms with Gasteiger partial charge in [-0.2, -0.15) is 0 Å². The maximum Gasteiger partial charge on any atom is 0.223 e. The predicted octanol–water partition coefficient (Wildman–Crippen LogP) is 4.62. The predicted molar refractivity (Wildman–Crippen MR) is 110 cm³/mol. The van der Waals surface area contributed by atoms with E-state index >= 15 is 0 Å². The van der Waals surface area contributed by atoms with Crippen LogP contribution in [0.3, 0.4) is 0 Å². The van der Waals surface area contributed by atoms with Gasteiger partial charge in [0.05, 0.1) is 21.3 Å². The molecule has 0 radical (unpaired) electrons. The van der Waals surface area contributed by atoms with E-state index in [1.165, 1.54) is 0 Å². The van der Waals surface area contributed by atoms with Crippen molar-refractivity contribution in [2.45, 2.75) is 68.8 Å². The average Bonchev–Trinajstić information content (AvgIpc) is 3.34. The molecule has 4 nitrogen and oxygen atoms in total. The minimum atomic E-state index is -2.65. The van der Waals surface area contributed by atoms with Crippen molar-refractivity contribution in [2.24, 2.45) is 17.1 Å². The largest absolute Gasteiger partial charge is 0.380 e. The van der Waals surface area contributed by atoms with Gasteiger partial charge in [0.15, 0.2) is 0 Å². The van der Waals surface area contributed by atoms with Crippen molar-refractivity contribution >= 4 is 29.9 Å². The van der Waals surface area contributed by atoms with Crippen LogP contribution in [0.5, 0.6) is 0 Å². The fraction of sp³-hybridized carbons (Fsp3) is 0.667. The lowest BCUT2D eigenvalue weighted by Gasteiger charge is -2.37. The number of nitrogens with one attached hydrogen (secondary N) is 1. The van der Waals surface area contributed by atoms with Crippen molar-refractivity contribution in [3.8, 4) is 0 Å². The first-order valence-corrected chi connectivity index (χ1v) is 10.3. The summed E-state index contributed by atoms with van der Waals surface area (Å²) in [7, 11) is -2.65. The zero-order chi connectivity index (χ0) is 23.5. The Hall–Kier alpha value is -1.02. The van der Waals surface area contributed by atoms with Crippen LogP contribution in [0, 0.1) is 23.0 Å². The summed E-state index contributed by atoms with van der Waals surface area (Å²) in [5.74, 6) is -3.04. The van der Waals surface area contributed by atoms with Crippen LogP contribution in [0.25, 0.3) is 0 Å². The molecule has 3 fully saturated rings. The van der Waals surface area contributed by atoms with E-state index in [0.717, 1.165) is 12.1 Å². The quantitative estimate of drug-likeness (QED) is 0.618. The SMILES string of the molecule is Cl.[2H]C([2H])([2H])O[C@@H]1CC(C(=O)N[C@H](c2c(F)ccc(Cl)c2F)C23CCC(F)(CC2)C3)C[C@@H]1N. The second-order valence-electron chi connectivity index (χ2n) is 8.88. The van der Waals surface area contributed by atoms with Gasteiger partial charge in [-0.3, -0.25) is 4.79 Å². The normalized spacial score (nSPS) is 37.8. The number of halogens is 5. The molecule has 0 aliphatic heterocycles. The second kappa shape index (κ2) is 8.49. The van der Waals surface area contributed by atoms with Crippen molar-refractivity contribution < 1.29 is 26.8 Å². The molecule has 9 heteroatoms. The minimum absolute atomic E-state index is 0. The highest BCUT2D eigenvalue weighted by Gasteiger charge is 2.59. The van der Waals surface area contributed by atoms with E-state index in [4.69, 9.17) is 26.2 Å². The van der Waals surface area contributed by atoms with Gasteiger partial charge in [0, 0.05) is 24.6 Å². The van der Waals surface area contributed by atoms with Crippen molar-refractivity contribution in [3.05, 3.63) is 34.4 Å². The van der Waals surface area contributed by atoms with Gasteiger partial charge < -0.3 is 15.8 Å². The first-order chi connectivity index (χ1) is 14.8. The maximum absolute atomic E-state index is 15.0. The molecular weight excluding hydrogens is 440 g/mol. The molecule has 3 aliphatic carbocycles. The molecular formula is C21H27Cl2F3N2O2. The van der Waals surface area contributed by atoms with Crippen LogP contribution in [0.4, 0.5) is 13.2 Å². The van der Waals surface area contributed by atoms with E-state index in [1.807, 2.05) is 0 Å². The Morgan fingerprint density at radius 3 is 2.63 bits per heavy atom. The molecule has 30 heavy (non-hydrogen) atoms. The third-order valence-corrected chi connectivity index (χ3v) is 7.44. The van der Waals surface area contributed by atoms with Gasteiger partial charge in [-0.25, -0.2) is 13.2 Å². The molecule has 1 amide bonds. The summed E-state index contributed by atoms with van der Waals surface area (Å²) in [4.78, 5) is 13.2. The zero-order valence-corrected chi connectivity index (χ0v) is 17.8. The highest BCUT2D eigenvalue weighted by molar-refractivity contribution is 6.30. The molecule has 2 bridgehead atoms. The van der Waals surface area contributed by atoms with E-state index in [0.29, 0.717) is 12.8 Å². The summed E-state index contributed by atoms with van der Waals surface area (Å²) < 4.78 is 71.6. The van der Waals surface area contributed by atoms with Gasteiger partial charge in [-0.1, -0.05) is 11.6 Å². The number of rotatable bonds is 5. The number of ether oxygens (including phenoxy) is 1. The van der Waals surface area contributed by atoms with Crippen LogP contribution in [0.15, 0.2) is 12.1 Å². The number of benzene rings is 1. The molecule has 0 spiro atoms. The standard InChI is InChI=1S/C21H26ClF3N2O2.ClH/c1-29-15-9-11(8-14(15)26)19(28)27-18(16-13(23)3-2-12(22)17(16)24)20-4-6-21(25,10-20)7-5-20;/h2-3,11,14-15,18H,4-10,26H2,1H3,(H,27,28);1H/t11?,14-,15+,18+,20?,21?;/m0./s1/i1D3;. The Balaban J connectivity index is 0.00000306. The van der Waals surface area contributed by atoms with Crippen molar-refractivity contribution in [1.82, 2.24) is 5.32 Å². The Morgan fingerprint density at radius 2 is 2.03 bits per heavy atom. The summed E-state index contributed by atoms with van der Waals surface area (Å²) in [6.07, 6.45) is 0.803. The molecule has 0 saturated heterocycles. The number of methoxy groups -OCH3 is 1. The number of fused-ring (bicyclic) bond motifs is 2. The van der Waals surface area contributed by atoms with Gasteiger partial charge in [0.1, 0.15) is 17.3 Å². The molecule has 1 unspecified atom stereocenters. The van der Waals surface area contributed by atoms with Crippen LogP contribution < -0.4 is 11.1 Å². The van der Waals surface area contributed by atoms with Crippen LogP contribution in [0.2, 0.25) is 5.02 Å². The second-order valence-corrected chi connectivity index (χ2v) is 9.28. The molecule has 1 aromatic carbocycles. The van der Waals surface area contributed by atoms with E-state index in [1.54, 1.807) is 0 Å². The van der Waals surface area contributed by atoms with Crippen LogP contribution >= 0.6 is 24.0 Å². The Kier molecular flexibility index (Phi) is 5.56. The lowest BCUT2D eigenvalue weighted by molar-refractivity contribution is -0.127. The van der Waals surface area contributed by atoms with E-state index < -0.39 is 59.8 Å². The van der Waals surface area contributed by atoms with Crippen LogP contribution in [-0.4, -0.2) is 30.8 Å². The van der Waals surface area contributed by atoms with Gasteiger partial charge >= 0.3 is 0 Å². The molecule has 3 aliphatic rings. The van der Waals surface area contributed by atoms with Gasteiger partial charge in [-0.15, -0.1) is 12.4 Å². The lowest BCUT2D eigenvalue weighted by atomic mass is 9.74. The summed E-state index contributed by atoms with van der Waals surface area (Å²) in [5.41, 5.74) is 3.39. The van der Waals surface area contributed by atoms with E-state index in [9.17, 15) is 18.0 Å². The smallest absolute Gasteiger partial charge is 0.223 e. The van der Waals surface area contributed by atoms with E-state index in [2.05, 4.69) is 5.32 Å². The molecule has 3 N–H and O–H groups in total. The molecule has 4 atom stereocenters. The van der Waals surface area contributed by atoms with Crippen molar-refractivity contribution in [3.63, 3.8) is 0 Å².